The van der Waals surface area contributed by atoms with Crippen molar-refractivity contribution in [1.29, 1.82) is 5.26 Å². The average molecular weight is 265 g/mol. The van der Waals surface area contributed by atoms with Crippen LogP contribution in [0.4, 0.5) is 0 Å². The molecule has 3 heteroatoms. The fourth-order valence-electron chi connectivity index (χ4n) is 2.12. The molecule has 0 amide bonds. The van der Waals surface area contributed by atoms with Crippen LogP contribution < -0.4 is 0 Å². The third-order valence-electron chi connectivity index (χ3n) is 2.96. The van der Waals surface area contributed by atoms with Crippen LogP contribution in [0.3, 0.4) is 0 Å². The maximum atomic E-state index is 8.78. The van der Waals surface area contributed by atoms with Gasteiger partial charge in [0.25, 0.3) is 0 Å². The van der Waals surface area contributed by atoms with E-state index in [1.807, 2.05) is 12.1 Å². The molecular formula is C12H13BrN2. The molecule has 1 atom stereocenters. The third-order valence-corrected chi connectivity index (χ3v) is 3.65. The summed E-state index contributed by atoms with van der Waals surface area (Å²) in [6.07, 6.45) is 1.21. The van der Waals surface area contributed by atoms with Crippen LogP contribution >= 0.6 is 15.9 Å². The maximum absolute atomic E-state index is 8.78. The Labute approximate surface area is 98.6 Å². The van der Waals surface area contributed by atoms with Crippen LogP contribution in [0.1, 0.15) is 23.5 Å². The molecule has 1 aliphatic rings. The van der Waals surface area contributed by atoms with Crippen LogP contribution in [0.2, 0.25) is 0 Å². The molecule has 2 rings (SSSR count). The zero-order chi connectivity index (χ0) is 10.8. The summed E-state index contributed by atoms with van der Waals surface area (Å²) in [7, 11) is 2.15. The highest BCUT2D eigenvalue weighted by molar-refractivity contribution is 9.10. The molecule has 1 saturated heterocycles. The normalized spacial score (nSPS) is 21.5. The Hall–Kier alpha value is -0.850. The lowest BCUT2D eigenvalue weighted by molar-refractivity contribution is 0.411. The van der Waals surface area contributed by atoms with E-state index in [9.17, 15) is 0 Å². The van der Waals surface area contributed by atoms with Gasteiger partial charge < -0.3 is 4.90 Å². The van der Waals surface area contributed by atoms with E-state index >= 15 is 0 Å². The van der Waals surface area contributed by atoms with Gasteiger partial charge in [-0.2, -0.15) is 5.26 Å². The van der Waals surface area contributed by atoms with Gasteiger partial charge in [0.2, 0.25) is 0 Å². The van der Waals surface area contributed by atoms with Crippen molar-refractivity contribution < 1.29 is 0 Å². The molecule has 15 heavy (non-hydrogen) atoms. The van der Waals surface area contributed by atoms with E-state index in [-0.39, 0.29) is 0 Å². The fourth-order valence-corrected chi connectivity index (χ4v) is 2.82. The van der Waals surface area contributed by atoms with Gasteiger partial charge in [0.15, 0.2) is 0 Å². The summed E-state index contributed by atoms with van der Waals surface area (Å²) in [5.74, 6) is 0.608. The van der Waals surface area contributed by atoms with Crippen molar-refractivity contribution in [3.8, 4) is 6.07 Å². The Bertz CT molecular complexity index is 409. The standard InChI is InChI=1S/C12H13BrN2/c1-15-5-4-10(8-15)11-3-2-9(7-14)6-12(11)13/h2-3,6,10H,4-5,8H2,1H3. The zero-order valence-corrected chi connectivity index (χ0v) is 10.3. The first kappa shape index (κ1) is 10.7. The molecule has 0 N–H and O–H groups in total. The predicted molar refractivity (Wildman–Crippen MR) is 63.7 cm³/mol. The number of likely N-dealkylation sites (tertiary alicyclic amines) is 1. The van der Waals surface area contributed by atoms with E-state index in [1.54, 1.807) is 0 Å². The summed E-state index contributed by atoms with van der Waals surface area (Å²) in [6.45, 7) is 2.28. The van der Waals surface area contributed by atoms with Gasteiger partial charge >= 0.3 is 0 Å². The van der Waals surface area contributed by atoms with E-state index in [0.29, 0.717) is 5.92 Å². The highest BCUT2D eigenvalue weighted by Gasteiger charge is 2.22. The monoisotopic (exact) mass is 264 g/mol. The average Bonchev–Trinajstić information content (AvgIpc) is 2.64. The SMILES string of the molecule is CN1CCC(c2ccc(C#N)cc2Br)C1. The van der Waals surface area contributed by atoms with Gasteiger partial charge in [-0.3, -0.25) is 0 Å². The zero-order valence-electron chi connectivity index (χ0n) is 8.70. The maximum Gasteiger partial charge on any atom is 0.0992 e. The summed E-state index contributed by atoms with van der Waals surface area (Å²) >= 11 is 3.55. The second-order valence-electron chi connectivity index (χ2n) is 4.10. The van der Waals surface area contributed by atoms with Crippen molar-refractivity contribution in [2.75, 3.05) is 20.1 Å². The largest absolute Gasteiger partial charge is 0.306 e. The number of nitriles is 1. The Morgan fingerprint density at radius 3 is 2.87 bits per heavy atom. The van der Waals surface area contributed by atoms with Crippen molar-refractivity contribution in [2.24, 2.45) is 0 Å². The number of likely N-dealkylation sites (N-methyl/N-ethyl adjacent to an activating group) is 1. The quantitative estimate of drug-likeness (QED) is 0.780. The topological polar surface area (TPSA) is 27.0 Å². The second-order valence-corrected chi connectivity index (χ2v) is 4.95. The molecule has 2 nitrogen and oxygen atoms in total. The first-order valence-corrected chi connectivity index (χ1v) is 5.88. The molecule has 1 aliphatic heterocycles. The van der Waals surface area contributed by atoms with Gasteiger partial charge in [-0.15, -0.1) is 0 Å². The third kappa shape index (κ3) is 2.22. The summed E-state index contributed by atoms with van der Waals surface area (Å²) < 4.78 is 1.07. The molecule has 1 aromatic rings. The molecule has 1 unspecified atom stereocenters. The van der Waals surface area contributed by atoms with Crippen molar-refractivity contribution in [3.63, 3.8) is 0 Å². The lowest BCUT2D eigenvalue weighted by atomic mass is 9.97. The molecule has 1 aromatic carbocycles. The van der Waals surface area contributed by atoms with Gasteiger partial charge in [0, 0.05) is 11.0 Å². The molecule has 0 bridgehead atoms. The number of hydrogen-bond donors (Lipinski definition) is 0. The van der Waals surface area contributed by atoms with Crippen molar-refractivity contribution in [3.05, 3.63) is 33.8 Å². The molecule has 0 saturated carbocycles. The molecule has 1 heterocycles. The highest BCUT2D eigenvalue weighted by atomic mass is 79.9. The van der Waals surface area contributed by atoms with E-state index in [0.717, 1.165) is 23.1 Å². The molecule has 1 fully saturated rings. The van der Waals surface area contributed by atoms with Gasteiger partial charge in [-0.25, -0.2) is 0 Å². The van der Waals surface area contributed by atoms with Crippen LogP contribution in [0.15, 0.2) is 22.7 Å². The van der Waals surface area contributed by atoms with Crippen LogP contribution in [0.25, 0.3) is 0 Å². The molecule has 0 spiro atoms. The first-order valence-electron chi connectivity index (χ1n) is 5.09. The Morgan fingerprint density at radius 1 is 1.53 bits per heavy atom. The first-order chi connectivity index (χ1) is 7.20. The number of halogens is 1. The minimum absolute atomic E-state index is 0.608. The smallest absolute Gasteiger partial charge is 0.0992 e. The highest BCUT2D eigenvalue weighted by Crippen LogP contribution is 2.32. The van der Waals surface area contributed by atoms with Crippen LogP contribution in [-0.2, 0) is 0 Å². The number of benzene rings is 1. The van der Waals surface area contributed by atoms with Crippen LogP contribution in [0, 0.1) is 11.3 Å². The molecule has 0 aliphatic carbocycles. The Morgan fingerprint density at radius 2 is 2.33 bits per heavy atom. The fraction of sp³-hybridized carbons (Fsp3) is 0.417. The number of nitrogens with zero attached hydrogens (tertiary/aromatic N) is 2. The number of rotatable bonds is 1. The minimum atomic E-state index is 0.608. The van der Waals surface area contributed by atoms with Gasteiger partial charge in [-0.1, -0.05) is 22.0 Å². The molecular weight excluding hydrogens is 252 g/mol. The summed E-state index contributed by atoms with van der Waals surface area (Å²) in [4.78, 5) is 2.34. The van der Waals surface area contributed by atoms with E-state index in [4.69, 9.17) is 5.26 Å². The lowest BCUT2D eigenvalue weighted by Gasteiger charge is -2.12. The Kier molecular flexibility index (Phi) is 3.08. The van der Waals surface area contributed by atoms with Crippen LogP contribution in [0.5, 0.6) is 0 Å². The van der Waals surface area contributed by atoms with Crippen molar-refractivity contribution >= 4 is 15.9 Å². The molecule has 78 valence electrons. The Balaban J connectivity index is 2.26. The second kappa shape index (κ2) is 4.34. The summed E-state index contributed by atoms with van der Waals surface area (Å²) in [5, 5.41) is 8.78. The number of hydrogen-bond acceptors (Lipinski definition) is 2. The van der Waals surface area contributed by atoms with Crippen molar-refractivity contribution in [2.45, 2.75) is 12.3 Å². The lowest BCUT2D eigenvalue weighted by Crippen LogP contribution is -2.13. The van der Waals surface area contributed by atoms with E-state index < -0.39 is 0 Å². The van der Waals surface area contributed by atoms with Gasteiger partial charge in [0.1, 0.15) is 0 Å². The summed E-state index contributed by atoms with van der Waals surface area (Å²) in [6, 6.07) is 8.04. The van der Waals surface area contributed by atoms with E-state index in [2.05, 4.69) is 40.0 Å². The van der Waals surface area contributed by atoms with Gasteiger partial charge in [-0.05, 0) is 43.6 Å². The van der Waals surface area contributed by atoms with Crippen molar-refractivity contribution in [1.82, 2.24) is 4.90 Å². The minimum Gasteiger partial charge on any atom is -0.306 e. The van der Waals surface area contributed by atoms with Gasteiger partial charge in [0.05, 0.1) is 11.6 Å². The van der Waals surface area contributed by atoms with E-state index in [1.165, 1.54) is 12.0 Å². The van der Waals surface area contributed by atoms with Crippen LogP contribution in [-0.4, -0.2) is 25.0 Å². The molecule has 0 radical (unpaired) electrons. The summed E-state index contributed by atoms with van der Waals surface area (Å²) in [5.41, 5.74) is 2.05. The predicted octanol–water partition coefficient (Wildman–Crippen LogP) is 2.74. The molecule has 0 aromatic heterocycles.